The first-order chi connectivity index (χ1) is 13.5. The number of halogens is 1. The summed E-state index contributed by atoms with van der Waals surface area (Å²) in [5.41, 5.74) is 0.387. The molecule has 1 saturated carbocycles. The summed E-state index contributed by atoms with van der Waals surface area (Å²) in [6.07, 6.45) is 5.13. The van der Waals surface area contributed by atoms with Crippen LogP contribution in [0.1, 0.15) is 33.1 Å². The van der Waals surface area contributed by atoms with Crippen molar-refractivity contribution >= 4 is 17.7 Å². The Bertz CT molecular complexity index is 838. The number of nitrogens with zero attached hydrogens (tertiary/aromatic N) is 3. The SMILES string of the molecule is C=CCn1c(SCC(=O)NC2CCCC(C)C2C)nnc1-c1ccccc1F. The zero-order valence-corrected chi connectivity index (χ0v) is 17.2. The molecule has 0 radical (unpaired) electrons. The fourth-order valence-electron chi connectivity index (χ4n) is 3.70. The number of thioether (sulfide) groups is 1. The van der Waals surface area contributed by atoms with Gasteiger partial charge >= 0.3 is 0 Å². The second kappa shape index (κ2) is 9.37. The third-order valence-electron chi connectivity index (χ3n) is 5.53. The van der Waals surface area contributed by atoms with Gasteiger partial charge in [0.25, 0.3) is 0 Å². The van der Waals surface area contributed by atoms with E-state index in [1.54, 1.807) is 28.8 Å². The van der Waals surface area contributed by atoms with Gasteiger partial charge in [-0.05, 0) is 30.4 Å². The largest absolute Gasteiger partial charge is 0.352 e. The zero-order valence-electron chi connectivity index (χ0n) is 16.4. The minimum absolute atomic E-state index is 0.00320. The first-order valence-electron chi connectivity index (χ1n) is 9.72. The second-order valence-electron chi connectivity index (χ2n) is 7.42. The molecule has 3 rings (SSSR count). The van der Waals surface area contributed by atoms with Gasteiger partial charge in [0.05, 0.1) is 11.3 Å². The molecule has 5 nitrogen and oxygen atoms in total. The van der Waals surface area contributed by atoms with Crippen LogP contribution in [0.15, 0.2) is 42.1 Å². The third-order valence-corrected chi connectivity index (χ3v) is 6.50. The Balaban J connectivity index is 1.68. The van der Waals surface area contributed by atoms with Crippen molar-refractivity contribution in [2.75, 3.05) is 5.75 Å². The Morgan fingerprint density at radius 3 is 2.89 bits per heavy atom. The molecule has 3 atom stereocenters. The number of benzene rings is 1. The molecule has 150 valence electrons. The molecule has 3 unspecified atom stereocenters. The van der Waals surface area contributed by atoms with Crippen molar-refractivity contribution in [2.24, 2.45) is 11.8 Å². The molecule has 1 aliphatic carbocycles. The van der Waals surface area contributed by atoms with Crippen molar-refractivity contribution < 1.29 is 9.18 Å². The lowest BCUT2D eigenvalue weighted by Crippen LogP contribution is -2.44. The quantitative estimate of drug-likeness (QED) is 0.554. The smallest absolute Gasteiger partial charge is 0.230 e. The molecule has 0 saturated heterocycles. The number of rotatable bonds is 7. The Morgan fingerprint density at radius 1 is 1.36 bits per heavy atom. The second-order valence-corrected chi connectivity index (χ2v) is 8.36. The van der Waals surface area contributed by atoms with Crippen LogP contribution in [0.4, 0.5) is 4.39 Å². The fourth-order valence-corrected chi connectivity index (χ4v) is 4.45. The molecule has 1 aromatic carbocycles. The third kappa shape index (κ3) is 4.63. The van der Waals surface area contributed by atoms with Crippen molar-refractivity contribution in [2.45, 2.75) is 50.9 Å². The number of amides is 1. The topological polar surface area (TPSA) is 59.8 Å². The van der Waals surface area contributed by atoms with Crippen LogP contribution in [0, 0.1) is 17.7 Å². The number of hydrogen-bond acceptors (Lipinski definition) is 4. The van der Waals surface area contributed by atoms with Gasteiger partial charge in [-0.2, -0.15) is 0 Å². The summed E-state index contributed by atoms with van der Waals surface area (Å²) in [4.78, 5) is 12.5. The van der Waals surface area contributed by atoms with Gasteiger partial charge in [-0.1, -0.05) is 56.7 Å². The maximum absolute atomic E-state index is 14.2. The highest BCUT2D eigenvalue weighted by molar-refractivity contribution is 7.99. The van der Waals surface area contributed by atoms with Crippen LogP contribution in [-0.2, 0) is 11.3 Å². The number of nitrogens with one attached hydrogen (secondary N) is 1. The summed E-state index contributed by atoms with van der Waals surface area (Å²) in [6, 6.07) is 6.70. The van der Waals surface area contributed by atoms with Gasteiger partial charge in [-0.25, -0.2) is 4.39 Å². The van der Waals surface area contributed by atoms with Gasteiger partial charge in [0.2, 0.25) is 5.91 Å². The van der Waals surface area contributed by atoms with Crippen molar-refractivity contribution in [3.05, 3.63) is 42.7 Å². The standard InChI is InChI=1S/C21H27FN4OS/c1-4-12-26-20(16-9-5-6-10-17(16)22)24-25-21(26)28-13-19(27)23-18-11-7-8-14(2)15(18)3/h4-6,9-10,14-15,18H,1,7-8,11-13H2,2-3H3,(H,23,27). The van der Waals surface area contributed by atoms with E-state index >= 15 is 0 Å². The summed E-state index contributed by atoms with van der Waals surface area (Å²) in [5.74, 6) is 1.46. The molecule has 1 aliphatic rings. The molecule has 0 spiro atoms. The van der Waals surface area contributed by atoms with E-state index in [2.05, 4.69) is 35.9 Å². The van der Waals surface area contributed by atoms with E-state index in [4.69, 9.17) is 0 Å². The number of carbonyl (C=O) groups is 1. The Kier molecular flexibility index (Phi) is 6.88. The lowest BCUT2D eigenvalue weighted by Gasteiger charge is -2.34. The highest BCUT2D eigenvalue weighted by Gasteiger charge is 2.28. The Morgan fingerprint density at radius 2 is 2.14 bits per heavy atom. The molecule has 0 aliphatic heterocycles. The zero-order chi connectivity index (χ0) is 20.1. The van der Waals surface area contributed by atoms with Gasteiger partial charge in [0.1, 0.15) is 5.82 Å². The summed E-state index contributed by atoms with van der Waals surface area (Å²) in [7, 11) is 0. The maximum atomic E-state index is 14.2. The molecule has 1 N–H and O–H groups in total. The first kappa shape index (κ1) is 20.6. The van der Waals surface area contributed by atoms with E-state index < -0.39 is 0 Å². The Hall–Kier alpha value is -2.15. The number of allylic oxidation sites excluding steroid dienone is 1. The summed E-state index contributed by atoms with van der Waals surface area (Å²) in [5, 5.41) is 12.1. The van der Waals surface area contributed by atoms with Crippen molar-refractivity contribution in [1.29, 1.82) is 0 Å². The molecule has 1 heterocycles. The van der Waals surface area contributed by atoms with Crippen LogP contribution in [0.3, 0.4) is 0 Å². The first-order valence-corrected chi connectivity index (χ1v) is 10.7. The lowest BCUT2D eigenvalue weighted by atomic mass is 9.78. The average Bonchev–Trinajstić information content (AvgIpc) is 3.07. The van der Waals surface area contributed by atoms with E-state index in [9.17, 15) is 9.18 Å². The van der Waals surface area contributed by atoms with Crippen molar-refractivity contribution in [1.82, 2.24) is 20.1 Å². The number of carbonyl (C=O) groups excluding carboxylic acids is 1. The van der Waals surface area contributed by atoms with Gasteiger partial charge in [-0.15, -0.1) is 16.8 Å². The van der Waals surface area contributed by atoms with Gasteiger partial charge in [-0.3, -0.25) is 9.36 Å². The van der Waals surface area contributed by atoms with Gasteiger partial charge in [0.15, 0.2) is 11.0 Å². The van der Waals surface area contributed by atoms with Crippen LogP contribution in [0.5, 0.6) is 0 Å². The Labute approximate surface area is 169 Å². The fraction of sp³-hybridized carbons (Fsp3) is 0.476. The summed E-state index contributed by atoms with van der Waals surface area (Å²) in [6.45, 7) is 8.67. The number of hydrogen-bond donors (Lipinski definition) is 1. The highest BCUT2D eigenvalue weighted by Crippen LogP contribution is 2.30. The maximum Gasteiger partial charge on any atom is 0.230 e. The van der Waals surface area contributed by atoms with E-state index in [-0.39, 0.29) is 23.5 Å². The minimum Gasteiger partial charge on any atom is -0.352 e. The molecule has 1 fully saturated rings. The molecule has 2 aromatic rings. The lowest BCUT2D eigenvalue weighted by molar-refractivity contribution is -0.120. The van der Waals surface area contributed by atoms with E-state index in [1.807, 2.05) is 0 Å². The molecule has 1 aromatic heterocycles. The average molecular weight is 403 g/mol. The van der Waals surface area contributed by atoms with Crippen LogP contribution in [0.25, 0.3) is 11.4 Å². The van der Waals surface area contributed by atoms with Crippen molar-refractivity contribution in [3.63, 3.8) is 0 Å². The molecule has 7 heteroatoms. The van der Waals surface area contributed by atoms with Gasteiger partial charge in [0, 0.05) is 12.6 Å². The number of aromatic nitrogens is 3. The van der Waals surface area contributed by atoms with Crippen LogP contribution in [-0.4, -0.2) is 32.5 Å². The van der Waals surface area contributed by atoms with E-state index in [1.165, 1.54) is 24.2 Å². The molecule has 1 amide bonds. The molecule has 0 bridgehead atoms. The highest BCUT2D eigenvalue weighted by atomic mass is 32.2. The van der Waals surface area contributed by atoms with E-state index in [0.29, 0.717) is 34.9 Å². The minimum atomic E-state index is -0.352. The molecule has 28 heavy (non-hydrogen) atoms. The predicted molar refractivity (Wildman–Crippen MR) is 110 cm³/mol. The van der Waals surface area contributed by atoms with Gasteiger partial charge < -0.3 is 5.32 Å². The summed E-state index contributed by atoms with van der Waals surface area (Å²) >= 11 is 1.31. The monoisotopic (exact) mass is 402 g/mol. The molecular weight excluding hydrogens is 375 g/mol. The van der Waals surface area contributed by atoms with Crippen LogP contribution in [0.2, 0.25) is 0 Å². The van der Waals surface area contributed by atoms with Crippen LogP contribution < -0.4 is 5.32 Å². The predicted octanol–water partition coefficient (Wildman–Crippen LogP) is 4.30. The normalized spacial score (nSPS) is 22.0. The van der Waals surface area contributed by atoms with E-state index in [0.717, 1.165) is 12.8 Å². The molecular formula is C21H27FN4OS. The summed E-state index contributed by atoms with van der Waals surface area (Å²) < 4.78 is 16.0. The van der Waals surface area contributed by atoms with Crippen LogP contribution >= 0.6 is 11.8 Å². The van der Waals surface area contributed by atoms with Crippen molar-refractivity contribution in [3.8, 4) is 11.4 Å².